The average Bonchev–Trinajstić information content (AvgIpc) is 3.22. The standard InChI is InChI=1S/C28H31NO6/c1-29-12-11-28-20-8-10-23(34-24(30)14-17-5-4-6-19(13-17)32-3)27(28)35-26-22(33-16-31-2)9-7-18(25(26)28)15-21(20)29/h4-10,13,20-21,23,27H,11-12,14-16H2,1-3H3/t20-,21+,23-,27-,28-/m0/s1. The highest BCUT2D eigenvalue weighted by Crippen LogP contribution is 2.62. The third kappa shape index (κ3) is 3.44. The first-order chi connectivity index (χ1) is 17.0. The van der Waals surface area contributed by atoms with Crippen molar-refractivity contribution < 1.29 is 28.5 Å². The number of piperidine rings is 1. The molecule has 1 saturated heterocycles. The molecule has 2 aliphatic heterocycles. The molecule has 2 aromatic rings. The highest BCUT2D eigenvalue weighted by Gasteiger charge is 2.65. The van der Waals surface area contributed by atoms with E-state index in [1.54, 1.807) is 14.2 Å². The minimum atomic E-state index is -0.470. The van der Waals surface area contributed by atoms with Gasteiger partial charge < -0.3 is 28.6 Å². The quantitative estimate of drug-likeness (QED) is 0.345. The summed E-state index contributed by atoms with van der Waals surface area (Å²) < 4.78 is 29.1. The largest absolute Gasteiger partial charge is 0.497 e. The van der Waals surface area contributed by atoms with Crippen molar-refractivity contribution in [3.8, 4) is 17.2 Å². The summed E-state index contributed by atoms with van der Waals surface area (Å²) >= 11 is 0. The molecule has 2 bridgehead atoms. The van der Waals surface area contributed by atoms with E-state index in [2.05, 4.69) is 24.1 Å². The first-order valence-corrected chi connectivity index (χ1v) is 12.2. The molecule has 5 atom stereocenters. The van der Waals surface area contributed by atoms with Crippen LogP contribution in [0.5, 0.6) is 17.2 Å². The van der Waals surface area contributed by atoms with Crippen molar-refractivity contribution in [2.45, 2.75) is 42.9 Å². The van der Waals surface area contributed by atoms with Crippen molar-refractivity contribution in [1.29, 1.82) is 0 Å². The summed E-state index contributed by atoms with van der Waals surface area (Å²) in [7, 11) is 5.43. The molecule has 0 unspecified atom stereocenters. The van der Waals surface area contributed by atoms with Gasteiger partial charge in [0.2, 0.25) is 0 Å². The van der Waals surface area contributed by atoms with Crippen LogP contribution in [0.4, 0.5) is 0 Å². The summed E-state index contributed by atoms with van der Waals surface area (Å²) in [6.45, 7) is 1.13. The Kier molecular flexibility index (Phi) is 5.49. The minimum Gasteiger partial charge on any atom is -0.497 e. The molecular formula is C28H31NO6. The van der Waals surface area contributed by atoms with Crippen LogP contribution >= 0.6 is 0 Å². The van der Waals surface area contributed by atoms with Crippen LogP contribution in [0.15, 0.2) is 48.6 Å². The number of rotatable bonds is 7. The zero-order chi connectivity index (χ0) is 24.2. The van der Waals surface area contributed by atoms with Gasteiger partial charge in [-0.3, -0.25) is 4.79 Å². The van der Waals surface area contributed by atoms with Crippen LogP contribution in [0.25, 0.3) is 0 Å². The van der Waals surface area contributed by atoms with Crippen molar-refractivity contribution in [2.24, 2.45) is 5.92 Å². The number of benzene rings is 2. The molecule has 1 spiro atoms. The van der Waals surface area contributed by atoms with Crippen molar-refractivity contribution in [3.05, 3.63) is 65.2 Å². The number of esters is 1. The summed E-state index contributed by atoms with van der Waals surface area (Å²) in [4.78, 5) is 15.5. The fourth-order valence-electron chi connectivity index (χ4n) is 6.69. The molecule has 0 radical (unpaired) electrons. The molecule has 0 aromatic heterocycles. The van der Waals surface area contributed by atoms with Crippen molar-refractivity contribution in [2.75, 3.05) is 34.6 Å². The van der Waals surface area contributed by atoms with Gasteiger partial charge in [-0.25, -0.2) is 0 Å². The lowest BCUT2D eigenvalue weighted by molar-refractivity contribution is -0.154. The number of likely N-dealkylation sites (N-methyl/N-ethyl adjacent to an activating group) is 1. The lowest BCUT2D eigenvalue weighted by atomic mass is 9.53. The maximum absolute atomic E-state index is 13.0. The van der Waals surface area contributed by atoms with Gasteiger partial charge in [0, 0.05) is 30.0 Å². The molecule has 35 heavy (non-hydrogen) atoms. The minimum absolute atomic E-state index is 0.152. The Balaban J connectivity index is 1.34. The lowest BCUT2D eigenvalue weighted by Gasteiger charge is -2.56. The van der Waals surface area contributed by atoms with Crippen LogP contribution < -0.4 is 14.2 Å². The van der Waals surface area contributed by atoms with Gasteiger partial charge in [-0.05, 0) is 61.8 Å². The molecule has 184 valence electrons. The number of carbonyl (C=O) groups is 1. The molecule has 0 amide bonds. The molecule has 0 saturated carbocycles. The third-order valence-electron chi connectivity index (χ3n) is 8.20. The van der Waals surface area contributed by atoms with Crippen molar-refractivity contribution in [1.82, 2.24) is 4.90 Å². The number of methoxy groups -OCH3 is 2. The number of hydrogen-bond acceptors (Lipinski definition) is 7. The van der Waals surface area contributed by atoms with Crippen LogP contribution in [0.3, 0.4) is 0 Å². The SMILES string of the molecule is COCOc1ccc2c3c1O[C@H]1[C@@H](OC(=O)Cc4cccc(OC)c4)C=C[C@H]4[C@@H](C2)N(C)CC[C@@]341. The summed E-state index contributed by atoms with van der Waals surface area (Å²) in [6, 6.07) is 12.1. The van der Waals surface area contributed by atoms with E-state index in [-0.39, 0.29) is 30.7 Å². The van der Waals surface area contributed by atoms with Crippen LogP contribution in [-0.2, 0) is 32.5 Å². The van der Waals surface area contributed by atoms with E-state index in [0.29, 0.717) is 17.7 Å². The fourth-order valence-corrected chi connectivity index (χ4v) is 6.69. The lowest BCUT2D eigenvalue weighted by Crippen LogP contribution is -2.65. The Bertz CT molecular complexity index is 1180. The van der Waals surface area contributed by atoms with Gasteiger partial charge in [-0.2, -0.15) is 0 Å². The van der Waals surface area contributed by atoms with Gasteiger partial charge in [-0.1, -0.05) is 24.3 Å². The zero-order valence-corrected chi connectivity index (χ0v) is 20.4. The summed E-state index contributed by atoms with van der Waals surface area (Å²) in [5, 5.41) is 0. The zero-order valence-electron chi connectivity index (χ0n) is 20.4. The predicted molar refractivity (Wildman–Crippen MR) is 129 cm³/mol. The highest BCUT2D eigenvalue weighted by atomic mass is 16.7. The molecule has 2 aliphatic carbocycles. The second-order valence-corrected chi connectivity index (χ2v) is 9.95. The molecule has 6 rings (SSSR count). The maximum atomic E-state index is 13.0. The topological polar surface area (TPSA) is 66.5 Å². The average molecular weight is 478 g/mol. The fraction of sp³-hybridized carbons (Fsp3) is 0.464. The molecule has 2 aromatic carbocycles. The van der Waals surface area contributed by atoms with Gasteiger partial charge in [0.05, 0.1) is 13.5 Å². The first kappa shape index (κ1) is 22.4. The Morgan fingerprint density at radius 2 is 2.09 bits per heavy atom. The maximum Gasteiger partial charge on any atom is 0.310 e. The smallest absolute Gasteiger partial charge is 0.310 e. The van der Waals surface area contributed by atoms with E-state index in [0.717, 1.165) is 36.4 Å². The molecule has 1 fully saturated rings. The van der Waals surface area contributed by atoms with Gasteiger partial charge in [0.15, 0.2) is 24.4 Å². The monoisotopic (exact) mass is 477 g/mol. The van der Waals surface area contributed by atoms with E-state index in [1.165, 1.54) is 11.1 Å². The molecule has 4 aliphatic rings. The summed E-state index contributed by atoms with van der Waals surface area (Å²) in [5.74, 6) is 2.21. The Morgan fingerprint density at radius 1 is 1.20 bits per heavy atom. The van der Waals surface area contributed by atoms with E-state index in [1.807, 2.05) is 36.4 Å². The molecular weight excluding hydrogens is 446 g/mol. The predicted octanol–water partition coefficient (Wildman–Crippen LogP) is 3.28. The molecule has 7 nitrogen and oxygen atoms in total. The number of hydrogen-bond donors (Lipinski definition) is 0. The van der Waals surface area contributed by atoms with Crippen LogP contribution in [-0.4, -0.2) is 63.7 Å². The second kappa shape index (κ2) is 8.57. The highest BCUT2D eigenvalue weighted by molar-refractivity contribution is 5.73. The second-order valence-electron chi connectivity index (χ2n) is 9.95. The number of nitrogens with zero attached hydrogens (tertiary/aromatic N) is 1. The first-order valence-electron chi connectivity index (χ1n) is 12.2. The van der Waals surface area contributed by atoms with Crippen LogP contribution in [0.2, 0.25) is 0 Å². The molecule has 0 N–H and O–H groups in total. The summed E-state index contributed by atoms with van der Waals surface area (Å²) in [6.07, 6.45) is 5.64. The number of likely N-dealkylation sites (tertiary alicyclic amines) is 1. The van der Waals surface area contributed by atoms with Gasteiger partial charge >= 0.3 is 5.97 Å². The number of carbonyl (C=O) groups excluding carboxylic acids is 1. The summed E-state index contributed by atoms with van der Waals surface area (Å²) in [5.41, 5.74) is 3.16. The van der Waals surface area contributed by atoms with Crippen molar-refractivity contribution in [3.63, 3.8) is 0 Å². The van der Waals surface area contributed by atoms with Gasteiger partial charge in [0.25, 0.3) is 0 Å². The third-order valence-corrected chi connectivity index (χ3v) is 8.20. The van der Waals surface area contributed by atoms with E-state index >= 15 is 0 Å². The Morgan fingerprint density at radius 3 is 2.91 bits per heavy atom. The number of ether oxygens (including phenoxy) is 5. The Labute approximate surface area is 205 Å². The van der Waals surface area contributed by atoms with Crippen LogP contribution in [0.1, 0.15) is 23.1 Å². The van der Waals surface area contributed by atoms with E-state index in [4.69, 9.17) is 23.7 Å². The molecule has 7 heteroatoms. The van der Waals surface area contributed by atoms with E-state index < -0.39 is 6.10 Å². The van der Waals surface area contributed by atoms with Crippen molar-refractivity contribution >= 4 is 5.97 Å². The van der Waals surface area contributed by atoms with E-state index in [9.17, 15) is 4.79 Å². The Hall–Kier alpha value is -3.03. The normalized spacial score (nSPS) is 29.8. The van der Waals surface area contributed by atoms with Gasteiger partial charge in [-0.15, -0.1) is 0 Å². The van der Waals surface area contributed by atoms with Crippen LogP contribution in [0, 0.1) is 5.92 Å². The van der Waals surface area contributed by atoms with Gasteiger partial charge in [0.1, 0.15) is 11.9 Å². The molecule has 2 heterocycles.